The molecule has 1 aromatic rings. The topological polar surface area (TPSA) is 0 Å². The third-order valence-corrected chi connectivity index (χ3v) is 2.92. The number of rotatable bonds is 2. The molecule has 0 heterocycles. The summed E-state index contributed by atoms with van der Waals surface area (Å²) in [6.07, 6.45) is 4.10. The minimum atomic E-state index is 0. The van der Waals surface area contributed by atoms with E-state index in [2.05, 4.69) is 37.3 Å². The van der Waals surface area contributed by atoms with Crippen LogP contribution in [-0.2, 0) is 5.41 Å². The molecule has 12 heavy (non-hydrogen) atoms. The van der Waals surface area contributed by atoms with Crippen LogP contribution in [0.4, 0.5) is 0 Å². The molecule has 1 aliphatic carbocycles. The first-order chi connectivity index (χ1) is 5.37. The van der Waals surface area contributed by atoms with Gasteiger partial charge in [0.15, 0.2) is 0 Å². The molecule has 0 amide bonds. The fraction of sp³-hybridized carbons (Fsp3) is 0.500. The summed E-state index contributed by atoms with van der Waals surface area (Å²) in [6.45, 7) is 2.29. The van der Waals surface area contributed by atoms with Gasteiger partial charge >= 0.3 is 0 Å². The van der Waals surface area contributed by atoms with Gasteiger partial charge in [0.05, 0.1) is 0 Å². The van der Waals surface area contributed by atoms with Crippen molar-refractivity contribution in [2.24, 2.45) is 0 Å². The number of benzene rings is 1. The van der Waals surface area contributed by atoms with Gasteiger partial charge in [-0.05, 0) is 30.2 Å². The Bertz CT molecular complexity index is 231. The van der Waals surface area contributed by atoms with E-state index in [4.69, 9.17) is 0 Å². The molecule has 1 saturated carbocycles. The van der Waals surface area contributed by atoms with Gasteiger partial charge in [0.2, 0.25) is 0 Å². The highest BCUT2D eigenvalue weighted by Crippen LogP contribution is 2.50. The van der Waals surface area contributed by atoms with Gasteiger partial charge in [0.1, 0.15) is 0 Å². The Morgan fingerprint density at radius 2 is 1.75 bits per heavy atom. The standard InChI is InChI=1S/C11H14.CH4/c1-2-11(8-9-11)10-6-4-3-5-7-10;/h3-7H,2,8-9H2,1H3;1H4. The van der Waals surface area contributed by atoms with Gasteiger partial charge in [0, 0.05) is 0 Å². The molecule has 1 fully saturated rings. The van der Waals surface area contributed by atoms with Crippen molar-refractivity contribution in [3.8, 4) is 0 Å². The van der Waals surface area contributed by atoms with Crippen molar-refractivity contribution in [3.63, 3.8) is 0 Å². The van der Waals surface area contributed by atoms with Crippen LogP contribution < -0.4 is 0 Å². The zero-order valence-electron chi connectivity index (χ0n) is 7.01. The summed E-state index contributed by atoms with van der Waals surface area (Å²) in [5.41, 5.74) is 2.13. The van der Waals surface area contributed by atoms with E-state index in [0.717, 1.165) is 0 Å². The van der Waals surface area contributed by atoms with Gasteiger partial charge in [0.25, 0.3) is 0 Å². The Morgan fingerprint density at radius 3 is 2.17 bits per heavy atom. The van der Waals surface area contributed by atoms with E-state index in [1.807, 2.05) is 0 Å². The average Bonchev–Trinajstić information content (AvgIpc) is 2.86. The van der Waals surface area contributed by atoms with Gasteiger partial charge in [-0.25, -0.2) is 0 Å². The van der Waals surface area contributed by atoms with Gasteiger partial charge < -0.3 is 0 Å². The van der Waals surface area contributed by atoms with Gasteiger partial charge in [-0.3, -0.25) is 0 Å². The third-order valence-electron chi connectivity index (χ3n) is 2.92. The van der Waals surface area contributed by atoms with Crippen LogP contribution in [0.1, 0.15) is 39.2 Å². The molecule has 1 aromatic carbocycles. The summed E-state index contributed by atoms with van der Waals surface area (Å²) in [7, 11) is 0. The third kappa shape index (κ3) is 1.38. The lowest BCUT2D eigenvalue weighted by molar-refractivity contribution is 0.664. The molecule has 0 saturated heterocycles. The monoisotopic (exact) mass is 162 g/mol. The van der Waals surface area contributed by atoms with Crippen molar-refractivity contribution in [2.45, 2.75) is 39.0 Å². The first-order valence-corrected chi connectivity index (χ1v) is 4.43. The van der Waals surface area contributed by atoms with E-state index < -0.39 is 0 Å². The number of hydrogen-bond acceptors (Lipinski definition) is 0. The lowest BCUT2D eigenvalue weighted by Gasteiger charge is -2.11. The summed E-state index contributed by atoms with van der Waals surface area (Å²) in [4.78, 5) is 0. The van der Waals surface area contributed by atoms with Crippen LogP contribution in [0.25, 0.3) is 0 Å². The highest BCUT2D eigenvalue weighted by molar-refractivity contribution is 5.30. The van der Waals surface area contributed by atoms with Gasteiger partial charge in [-0.15, -0.1) is 0 Å². The highest BCUT2D eigenvalue weighted by Gasteiger charge is 2.41. The first kappa shape index (κ1) is 9.31. The molecule has 0 heteroatoms. The van der Waals surface area contributed by atoms with Crippen molar-refractivity contribution in [1.29, 1.82) is 0 Å². The van der Waals surface area contributed by atoms with E-state index in [0.29, 0.717) is 5.41 Å². The molecule has 1 aliphatic rings. The summed E-state index contributed by atoms with van der Waals surface area (Å²) in [5, 5.41) is 0. The summed E-state index contributed by atoms with van der Waals surface area (Å²) in [6, 6.07) is 10.9. The fourth-order valence-corrected chi connectivity index (χ4v) is 1.79. The number of hydrogen-bond donors (Lipinski definition) is 0. The maximum Gasteiger partial charge on any atom is -0.00489 e. The van der Waals surface area contributed by atoms with E-state index >= 15 is 0 Å². The molecule has 2 rings (SSSR count). The van der Waals surface area contributed by atoms with E-state index in [1.54, 1.807) is 5.56 Å². The molecular weight excluding hydrogens is 144 g/mol. The second kappa shape index (κ2) is 3.30. The smallest absolute Gasteiger partial charge is 0.00489 e. The SMILES string of the molecule is C.CCC1(c2ccccc2)CC1. The maximum atomic E-state index is 2.29. The largest absolute Gasteiger partial charge is 0.0776 e. The van der Waals surface area contributed by atoms with Crippen LogP contribution in [0.2, 0.25) is 0 Å². The van der Waals surface area contributed by atoms with Gasteiger partial charge in [-0.1, -0.05) is 44.7 Å². The Morgan fingerprint density at radius 1 is 1.17 bits per heavy atom. The minimum Gasteiger partial charge on any atom is -0.0776 e. The van der Waals surface area contributed by atoms with Crippen molar-refractivity contribution in [1.82, 2.24) is 0 Å². The molecule has 0 aromatic heterocycles. The summed E-state index contributed by atoms with van der Waals surface area (Å²) in [5.74, 6) is 0. The molecule has 0 atom stereocenters. The predicted octanol–water partition coefficient (Wildman–Crippen LogP) is 3.76. The second-order valence-corrected chi connectivity index (χ2v) is 3.50. The molecule has 0 radical (unpaired) electrons. The van der Waals surface area contributed by atoms with Crippen LogP contribution in [0.5, 0.6) is 0 Å². The molecular formula is C12H18. The second-order valence-electron chi connectivity index (χ2n) is 3.50. The van der Waals surface area contributed by atoms with Crippen LogP contribution in [-0.4, -0.2) is 0 Å². The zero-order chi connectivity index (χ0) is 7.73. The Labute approximate surface area is 75.6 Å². The zero-order valence-corrected chi connectivity index (χ0v) is 7.01. The summed E-state index contributed by atoms with van der Waals surface area (Å²) < 4.78 is 0. The molecule has 0 bridgehead atoms. The molecule has 0 N–H and O–H groups in total. The Kier molecular flexibility index (Phi) is 2.56. The summed E-state index contributed by atoms with van der Waals surface area (Å²) >= 11 is 0. The Hall–Kier alpha value is -0.780. The Balaban J connectivity index is 0.000000720. The molecule has 0 unspecified atom stereocenters. The lowest BCUT2D eigenvalue weighted by Crippen LogP contribution is -2.02. The lowest BCUT2D eigenvalue weighted by atomic mass is 9.94. The first-order valence-electron chi connectivity index (χ1n) is 4.43. The van der Waals surface area contributed by atoms with E-state index in [1.165, 1.54) is 19.3 Å². The van der Waals surface area contributed by atoms with Crippen molar-refractivity contribution in [2.75, 3.05) is 0 Å². The predicted molar refractivity (Wildman–Crippen MR) is 54.4 cm³/mol. The van der Waals surface area contributed by atoms with E-state index in [-0.39, 0.29) is 7.43 Å². The van der Waals surface area contributed by atoms with Crippen LogP contribution in [0.3, 0.4) is 0 Å². The molecule has 66 valence electrons. The van der Waals surface area contributed by atoms with Crippen LogP contribution >= 0.6 is 0 Å². The molecule has 0 nitrogen and oxygen atoms in total. The molecule has 0 aliphatic heterocycles. The minimum absolute atomic E-state index is 0. The average molecular weight is 162 g/mol. The highest BCUT2D eigenvalue weighted by atomic mass is 14.5. The maximum absolute atomic E-state index is 2.29. The van der Waals surface area contributed by atoms with Gasteiger partial charge in [-0.2, -0.15) is 0 Å². The normalized spacial score (nSPS) is 18.1. The van der Waals surface area contributed by atoms with Crippen molar-refractivity contribution in [3.05, 3.63) is 35.9 Å². The van der Waals surface area contributed by atoms with E-state index in [9.17, 15) is 0 Å². The van der Waals surface area contributed by atoms with Crippen LogP contribution in [0, 0.1) is 0 Å². The molecule has 0 spiro atoms. The quantitative estimate of drug-likeness (QED) is 0.621. The van der Waals surface area contributed by atoms with Crippen molar-refractivity contribution < 1.29 is 0 Å². The van der Waals surface area contributed by atoms with Crippen LogP contribution in [0.15, 0.2) is 30.3 Å². The van der Waals surface area contributed by atoms with Crippen molar-refractivity contribution >= 4 is 0 Å². The fourth-order valence-electron chi connectivity index (χ4n) is 1.79.